The fraction of sp³-hybridized carbons (Fsp3) is 0.407. The molecule has 33 heavy (non-hydrogen) atoms. The molecular formula is C27H31N3O3. The molecule has 0 radical (unpaired) electrons. The fourth-order valence-electron chi connectivity index (χ4n) is 5.38. The van der Waals surface area contributed by atoms with Crippen LogP contribution in [0.3, 0.4) is 0 Å². The Balaban J connectivity index is 1.71. The van der Waals surface area contributed by atoms with Crippen molar-refractivity contribution in [3.05, 3.63) is 53.2 Å². The molecule has 6 nitrogen and oxygen atoms in total. The number of imidazole rings is 1. The third-order valence-electron chi connectivity index (χ3n) is 7.07. The van der Waals surface area contributed by atoms with Crippen LogP contribution in [0.2, 0.25) is 0 Å². The summed E-state index contributed by atoms with van der Waals surface area (Å²) in [5.74, 6) is -0.0963. The van der Waals surface area contributed by atoms with Crippen molar-refractivity contribution in [1.82, 2.24) is 14.1 Å². The first-order valence-corrected chi connectivity index (χ1v) is 11.7. The normalized spacial score (nSPS) is 15.3. The number of carboxylic acids is 1. The molecule has 2 aromatic heterocycles. The van der Waals surface area contributed by atoms with Gasteiger partial charge in [0.05, 0.1) is 23.2 Å². The number of carbonyl (C=O) groups is 1. The van der Waals surface area contributed by atoms with Crippen molar-refractivity contribution < 1.29 is 14.6 Å². The zero-order chi connectivity index (χ0) is 23.3. The second kappa shape index (κ2) is 8.03. The molecule has 0 amide bonds. The maximum absolute atomic E-state index is 11.5. The maximum atomic E-state index is 11.5. The van der Waals surface area contributed by atoms with Gasteiger partial charge in [0.2, 0.25) is 0 Å². The number of carboxylic acid groups (broad SMARTS) is 1. The van der Waals surface area contributed by atoms with Crippen molar-refractivity contribution in [2.45, 2.75) is 53.1 Å². The summed E-state index contributed by atoms with van der Waals surface area (Å²) >= 11 is 0. The van der Waals surface area contributed by atoms with Gasteiger partial charge in [-0.3, -0.25) is 0 Å². The molecule has 0 fully saturated rings. The minimum Gasteiger partial charge on any atom is -0.478 e. The van der Waals surface area contributed by atoms with E-state index in [-0.39, 0.29) is 5.56 Å². The van der Waals surface area contributed by atoms with E-state index in [1.807, 2.05) is 6.07 Å². The van der Waals surface area contributed by atoms with E-state index in [2.05, 4.69) is 48.1 Å². The van der Waals surface area contributed by atoms with Crippen LogP contribution in [-0.2, 0) is 30.7 Å². The molecule has 5 rings (SSSR count). The van der Waals surface area contributed by atoms with E-state index in [4.69, 9.17) is 9.72 Å². The van der Waals surface area contributed by atoms with E-state index in [0.717, 1.165) is 36.3 Å². The van der Waals surface area contributed by atoms with Gasteiger partial charge in [-0.15, -0.1) is 0 Å². The Morgan fingerprint density at radius 2 is 1.94 bits per heavy atom. The first kappa shape index (κ1) is 21.7. The monoisotopic (exact) mass is 445 g/mol. The number of hydrogen-bond donors (Lipinski definition) is 1. The standard InChI is InChI=1S/C27H31N3O3/c1-5-29-22-8-6-17(14-19(22)20-16-27(2,3)11-10-23(20)29)25-28-21-15-18(26(31)32)7-9-24(21)30(25)12-13-33-4/h6-9,14-15H,5,10-13,16H2,1-4H3,(H,31,32). The lowest BCUT2D eigenvalue weighted by Gasteiger charge is -2.30. The minimum absolute atomic E-state index is 0.247. The van der Waals surface area contributed by atoms with Crippen molar-refractivity contribution in [2.75, 3.05) is 13.7 Å². The van der Waals surface area contributed by atoms with E-state index in [0.29, 0.717) is 24.1 Å². The molecule has 2 aromatic carbocycles. The van der Waals surface area contributed by atoms with Crippen LogP contribution in [0.25, 0.3) is 33.3 Å². The molecule has 172 valence electrons. The highest BCUT2D eigenvalue weighted by Gasteiger charge is 2.30. The highest BCUT2D eigenvalue weighted by atomic mass is 16.5. The van der Waals surface area contributed by atoms with Crippen LogP contribution in [0, 0.1) is 5.41 Å². The van der Waals surface area contributed by atoms with Crippen LogP contribution in [0.1, 0.15) is 48.8 Å². The third-order valence-corrected chi connectivity index (χ3v) is 7.07. The lowest BCUT2D eigenvalue weighted by molar-refractivity contribution is 0.0697. The Morgan fingerprint density at radius 1 is 1.15 bits per heavy atom. The molecule has 0 saturated carbocycles. The lowest BCUT2D eigenvalue weighted by atomic mass is 9.76. The van der Waals surface area contributed by atoms with Crippen molar-refractivity contribution in [2.24, 2.45) is 5.41 Å². The van der Waals surface area contributed by atoms with Crippen LogP contribution in [-0.4, -0.2) is 38.9 Å². The van der Waals surface area contributed by atoms with Gasteiger partial charge < -0.3 is 19.0 Å². The molecule has 4 aromatic rings. The molecule has 0 unspecified atom stereocenters. The molecule has 0 saturated heterocycles. The zero-order valence-corrected chi connectivity index (χ0v) is 19.8. The number of benzene rings is 2. The highest BCUT2D eigenvalue weighted by molar-refractivity contribution is 5.94. The summed E-state index contributed by atoms with van der Waals surface area (Å²) in [6, 6.07) is 11.8. The average molecular weight is 446 g/mol. The number of rotatable bonds is 6. The Kier molecular flexibility index (Phi) is 5.28. The predicted octanol–water partition coefficient (Wildman–Crippen LogP) is 5.54. The predicted molar refractivity (Wildman–Crippen MR) is 131 cm³/mol. The van der Waals surface area contributed by atoms with E-state index < -0.39 is 5.97 Å². The highest BCUT2D eigenvalue weighted by Crippen LogP contribution is 2.41. The number of fused-ring (bicyclic) bond motifs is 4. The zero-order valence-electron chi connectivity index (χ0n) is 19.8. The van der Waals surface area contributed by atoms with Gasteiger partial charge in [-0.1, -0.05) is 13.8 Å². The number of methoxy groups -OCH3 is 1. The van der Waals surface area contributed by atoms with Crippen LogP contribution >= 0.6 is 0 Å². The van der Waals surface area contributed by atoms with Crippen LogP contribution in [0.4, 0.5) is 0 Å². The van der Waals surface area contributed by atoms with Gasteiger partial charge in [0.1, 0.15) is 5.82 Å². The van der Waals surface area contributed by atoms with Gasteiger partial charge >= 0.3 is 5.97 Å². The first-order chi connectivity index (χ1) is 15.8. The van der Waals surface area contributed by atoms with E-state index >= 15 is 0 Å². The molecule has 1 N–H and O–H groups in total. The maximum Gasteiger partial charge on any atom is 0.335 e. The number of aromatic nitrogens is 3. The Morgan fingerprint density at radius 3 is 2.67 bits per heavy atom. The Hall–Kier alpha value is -3.12. The van der Waals surface area contributed by atoms with Gasteiger partial charge in [-0.05, 0) is 73.6 Å². The molecule has 1 aliphatic carbocycles. The number of aryl methyl sites for hydroxylation is 1. The molecule has 0 bridgehead atoms. The third kappa shape index (κ3) is 3.62. The fourth-order valence-corrected chi connectivity index (χ4v) is 5.38. The van der Waals surface area contributed by atoms with E-state index in [1.54, 1.807) is 19.2 Å². The SMILES string of the molecule is CCn1c2c(c3cc(-c4nc5cc(C(=O)O)ccc5n4CCOC)ccc31)CC(C)(C)CC2. The van der Waals surface area contributed by atoms with Crippen molar-refractivity contribution in [3.63, 3.8) is 0 Å². The summed E-state index contributed by atoms with van der Waals surface area (Å²) < 4.78 is 9.96. The molecule has 2 heterocycles. The van der Waals surface area contributed by atoms with Gasteiger partial charge in [0, 0.05) is 42.4 Å². The quantitative estimate of drug-likeness (QED) is 0.423. The summed E-state index contributed by atoms with van der Waals surface area (Å²) in [7, 11) is 1.69. The molecule has 0 spiro atoms. The van der Waals surface area contributed by atoms with Gasteiger partial charge in [0.25, 0.3) is 0 Å². The van der Waals surface area contributed by atoms with E-state index in [9.17, 15) is 9.90 Å². The van der Waals surface area contributed by atoms with Gasteiger partial charge in [-0.2, -0.15) is 0 Å². The smallest absolute Gasteiger partial charge is 0.335 e. The summed E-state index contributed by atoms with van der Waals surface area (Å²) in [4.78, 5) is 16.4. The summed E-state index contributed by atoms with van der Waals surface area (Å²) in [5, 5.41) is 10.7. The average Bonchev–Trinajstić information content (AvgIpc) is 3.30. The minimum atomic E-state index is -0.943. The first-order valence-electron chi connectivity index (χ1n) is 11.7. The van der Waals surface area contributed by atoms with E-state index in [1.165, 1.54) is 28.6 Å². The Bertz CT molecular complexity index is 1380. The molecule has 0 atom stereocenters. The number of nitrogens with zero attached hydrogens (tertiary/aromatic N) is 3. The van der Waals surface area contributed by atoms with Gasteiger partial charge in [0.15, 0.2) is 0 Å². The van der Waals surface area contributed by atoms with Crippen LogP contribution in [0.15, 0.2) is 36.4 Å². The van der Waals surface area contributed by atoms with Crippen molar-refractivity contribution >= 4 is 27.9 Å². The van der Waals surface area contributed by atoms with Crippen molar-refractivity contribution in [1.29, 1.82) is 0 Å². The molecule has 6 heteroatoms. The van der Waals surface area contributed by atoms with Crippen LogP contribution in [0.5, 0.6) is 0 Å². The second-order valence-corrected chi connectivity index (χ2v) is 9.83. The molecule has 1 aliphatic rings. The summed E-state index contributed by atoms with van der Waals surface area (Å²) in [6.07, 6.45) is 3.41. The van der Waals surface area contributed by atoms with Gasteiger partial charge in [-0.25, -0.2) is 9.78 Å². The molecule has 0 aliphatic heterocycles. The number of hydrogen-bond acceptors (Lipinski definition) is 3. The summed E-state index contributed by atoms with van der Waals surface area (Å²) in [5.41, 5.74) is 7.44. The molecular weight excluding hydrogens is 414 g/mol. The summed E-state index contributed by atoms with van der Waals surface area (Å²) in [6.45, 7) is 9.11. The second-order valence-electron chi connectivity index (χ2n) is 9.83. The van der Waals surface area contributed by atoms with Crippen LogP contribution < -0.4 is 0 Å². The lowest BCUT2D eigenvalue weighted by Crippen LogP contribution is -2.22. The number of ether oxygens (including phenoxy) is 1. The number of aromatic carboxylic acids is 1. The topological polar surface area (TPSA) is 69.3 Å². The van der Waals surface area contributed by atoms with Crippen molar-refractivity contribution in [3.8, 4) is 11.4 Å². The largest absolute Gasteiger partial charge is 0.478 e. The Labute approximate surface area is 193 Å².